The summed E-state index contributed by atoms with van der Waals surface area (Å²) in [5, 5.41) is 15.2. The minimum Gasteiger partial charge on any atom is -0.493 e. The monoisotopic (exact) mass is 332 g/mol. The van der Waals surface area contributed by atoms with Gasteiger partial charge in [-0.25, -0.2) is 0 Å². The van der Waals surface area contributed by atoms with Crippen LogP contribution < -0.4 is 5.56 Å². The van der Waals surface area contributed by atoms with E-state index in [1.54, 1.807) is 18.3 Å². The molecule has 0 bridgehead atoms. The van der Waals surface area contributed by atoms with Crippen LogP contribution in [0.1, 0.15) is 16.7 Å². The minimum atomic E-state index is -0.314. The quantitative estimate of drug-likeness (QED) is 0.766. The number of halogens is 1. The smallest absolute Gasteiger partial charge is 0.258 e. The maximum absolute atomic E-state index is 12.4. The molecule has 0 saturated carbocycles. The first-order chi connectivity index (χ1) is 11.0. The molecule has 2 N–H and O–H groups in total. The lowest BCUT2D eigenvalue weighted by Gasteiger charge is -2.09. The molecule has 0 fully saturated rings. The molecule has 1 aromatic carbocycles. The van der Waals surface area contributed by atoms with Crippen LogP contribution in [-0.2, 0) is 13.0 Å². The fraction of sp³-hybridized carbons (Fsp3) is 0.250. The number of fused-ring (bicyclic) bond motifs is 1. The van der Waals surface area contributed by atoms with E-state index in [-0.39, 0.29) is 17.0 Å². The number of nitrogens with zero attached hydrogens (tertiary/aromatic N) is 3. The molecule has 0 aliphatic carbocycles. The van der Waals surface area contributed by atoms with Gasteiger partial charge >= 0.3 is 0 Å². The average molecular weight is 333 g/mol. The Kier molecular flexibility index (Phi) is 4.11. The van der Waals surface area contributed by atoms with Gasteiger partial charge in [0, 0.05) is 23.6 Å². The van der Waals surface area contributed by atoms with E-state index in [2.05, 4.69) is 10.1 Å². The van der Waals surface area contributed by atoms with Crippen LogP contribution in [-0.4, -0.2) is 38.7 Å². The van der Waals surface area contributed by atoms with E-state index >= 15 is 0 Å². The summed E-state index contributed by atoms with van der Waals surface area (Å²) in [6.45, 7) is 0.620. The second kappa shape index (κ2) is 6.06. The number of benzene rings is 1. The van der Waals surface area contributed by atoms with Gasteiger partial charge in [0.05, 0.1) is 11.8 Å². The highest BCUT2D eigenvalue weighted by molar-refractivity contribution is 6.30. The van der Waals surface area contributed by atoms with Gasteiger partial charge in [-0.15, -0.1) is 0 Å². The van der Waals surface area contributed by atoms with E-state index in [9.17, 15) is 9.90 Å². The lowest BCUT2D eigenvalue weighted by molar-refractivity contribution is 0.403. The molecule has 2 heterocycles. The second-order valence-electron chi connectivity index (χ2n) is 5.73. The molecule has 3 rings (SSSR count). The van der Waals surface area contributed by atoms with Crippen LogP contribution >= 0.6 is 11.6 Å². The van der Waals surface area contributed by atoms with E-state index in [0.29, 0.717) is 23.6 Å². The van der Waals surface area contributed by atoms with Gasteiger partial charge in [0.1, 0.15) is 5.65 Å². The van der Waals surface area contributed by atoms with E-state index in [1.807, 2.05) is 31.1 Å². The van der Waals surface area contributed by atoms with E-state index in [1.165, 1.54) is 4.52 Å². The van der Waals surface area contributed by atoms with Crippen LogP contribution in [0.2, 0.25) is 5.02 Å². The van der Waals surface area contributed by atoms with Crippen molar-refractivity contribution in [1.82, 2.24) is 19.5 Å². The largest absolute Gasteiger partial charge is 0.493 e. The molecule has 0 amide bonds. The number of hydrogen-bond acceptors (Lipinski definition) is 4. The summed E-state index contributed by atoms with van der Waals surface area (Å²) in [6.07, 6.45) is 1.95. The molecule has 120 valence electrons. The number of aromatic amines is 1. The van der Waals surface area contributed by atoms with Crippen molar-refractivity contribution in [3.05, 3.63) is 62.5 Å². The van der Waals surface area contributed by atoms with E-state index < -0.39 is 0 Å². The molecule has 23 heavy (non-hydrogen) atoms. The molecular weight excluding hydrogens is 316 g/mol. The van der Waals surface area contributed by atoms with Crippen molar-refractivity contribution in [2.45, 2.75) is 13.0 Å². The number of rotatable bonds is 4. The highest BCUT2D eigenvalue weighted by Gasteiger charge is 2.16. The Morgan fingerprint density at radius 1 is 1.30 bits per heavy atom. The highest BCUT2D eigenvalue weighted by atomic mass is 35.5. The van der Waals surface area contributed by atoms with Crippen molar-refractivity contribution in [2.75, 3.05) is 14.1 Å². The zero-order valence-corrected chi connectivity index (χ0v) is 13.6. The highest BCUT2D eigenvalue weighted by Crippen LogP contribution is 2.20. The number of H-pyrrole nitrogens is 1. The van der Waals surface area contributed by atoms with Gasteiger partial charge in [-0.1, -0.05) is 23.7 Å². The van der Waals surface area contributed by atoms with Gasteiger partial charge in [-0.2, -0.15) is 9.61 Å². The van der Waals surface area contributed by atoms with Gasteiger partial charge in [0.25, 0.3) is 5.56 Å². The topological polar surface area (TPSA) is 73.6 Å². The summed E-state index contributed by atoms with van der Waals surface area (Å²) in [7, 11) is 3.85. The Balaban J connectivity index is 2.05. The van der Waals surface area contributed by atoms with Crippen molar-refractivity contribution >= 4 is 17.2 Å². The fourth-order valence-electron chi connectivity index (χ4n) is 2.51. The molecule has 6 nitrogen and oxygen atoms in total. The predicted octanol–water partition coefficient (Wildman–Crippen LogP) is 2.03. The molecule has 3 aromatic rings. The molecule has 0 atom stereocenters. The van der Waals surface area contributed by atoms with Crippen LogP contribution in [0.25, 0.3) is 5.65 Å². The maximum Gasteiger partial charge on any atom is 0.258 e. The number of hydrogen-bond donors (Lipinski definition) is 2. The summed E-state index contributed by atoms with van der Waals surface area (Å²) in [4.78, 5) is 17.1. The van der Waals surface area contributed by atoms with Crippen molar-refractivity contribution < 1.29 is 5.11 Å². The van der Waals surface area contributed by atoms with Gasteiger partial charge in [-0.3, -0.25) is 4.79 Å². The van der Waals surface area contributed by atoms with Crippen LogP contribution in [0.4, 0.5) is 0 Å². The van der Waals surface area contributed by atoms with E-state index in [0.717, 1.165) is 11.1 Å². The Labute approximate surface area is 137 Å². The molecule has 0 saturated heterocycles. The van der Waals surface area contributed by atoms with Gasteiger partial charge in [0.2, 0.25) is 5.88 Å². The first-order valence-corrected chi connectivity index (χ1v) is 7.53. The SMILES string of the molecule is CN(C)Cc1cnn2c(O)c(Cc3ccc(Cl)cc3)c(=O)[nH]c12. The Morgan fingerprint density at radius 2 is 2.00 bits per heavy atom. The fourth-order valence-corrected chi connectivity index (χ4v) is 2.64. The maximum atomic E-state index is 12.4. The van der Waals surface area contributed by atoms with Gasteiger partial charge < -0.3 is 15.0 Å². The third-order valence-electron chi connectivity index (χ3n) is 3.60. The standard InChI is InChI=1S/C16H17ClN4O2/c1-20(2)9-11-8-18-21-14(11)19-15(22)13(16(21)23)7-10-3-5-12(17)6-4-10/h3-6,8,23H,7,9H2,1-2H3,(H,19,22). The van der Waals surface area contributed by atoms with Crippen LogP contribution in [0.3, 0.4) is 0 Å². The Hall–Kier alpha value is -2.31. The first-order valence-electron chi connectivity index (χ1n) is 7.15. The van der Waals surface area contributed by atoms with Crippen molar-refractivity contribution in [2.24, 2.45) is 0 Å². The average Bonchev–Trinajstić information content (AvgIpc) is 2.88. The van der Waals surface area contributed by atoms with Crippen molar-refractivity contribution in [3.8, 4) is 5.88 Å². The number of aromatic hydroxyl groups is 1. The predicted molar refractivity (Wildman–Crippen MR) is 89.1 cm³/mol. The molecule has 0 aliphatic rings. The lowest BCUT2D eigenvalue weighted by atomic mass is 10.1. The minimum absolute atomic E-state index is 0.135. The van der Waals surface area contributed by atoms with Crippen molar-refractivity contribution in [3.63, 3.8) is 0 Å². The molecule has 2 aromatic heterocycles. The lowest BCUT2D eigenvalue weighted by Crippen LogP contribution is -2.17. The summed E-state index contributed by atoms with van der Waals surface area (Å²) in [6, 6.07) is 7.16. The second-order valence-corrected chi connectivity index (χ2v) is 6.16. The summed E-state index contributed by atoms with van der Waals surface area (Å²) in [5.74, 6) is -0.135. The van der Waals surface area contributed by atoms with E-state index in [4.69, 9.17) is 11.6 Å². The number of nitrogens with one attached hydrogen (secondary N) is 1. The van der Waals surface area contributed by atoms with Crippen LogP contribution in [0, 0.1) is 0 Å². The third kappa shape index (κ3) is 3.09. The third-order valence-corrected chi connectivity index (χ3v) is 3.85. The molecule has 0 spiro atoms. The zero-order valence-electron chi connectivity index (χ0n) is 12.9. The normalized spacial score (nSPS) is 11.5. The molecular formula is C16H17ClN4O2. The molecule has 0 unspecified atom stereocenters. The Bertz CT molecular complexity index is 897. The summed E-state index contributed by atoms with van der Waals surface area (Å²) < 4.78 is 1.37. The molecule has 0 radical (unpaired) electrons. The zero-order chi connectivity index (χ0) is 16.6. The summed E-state index contributed by atoms with van der Waals surface area (Å²) in [5.41, 5.74) is 2.21. The first kappa shape index (κ1) is 15.6. The van der Waals surface area contributed by atoms with Crippen LogP contribution in [0.5, 0.6) is 5.88 Å². The Morgan fingerprint density at radius 3 is 2.65 bits per heavy atom. The molecule has 7 heteroatoms. The number of aromatic nitrogens is 3. The summed E-state index contributed by atoms with van der Waals surface area (Å²) >= 11 is 5.86. The molecule has 0 aliphatic heterocycles. The van der Waals surface area contributed by atoms with Gasteiger partial charge in [0.15, 0.2) is 0 Å². The van der Waals surface area contributed by atoms with Crippen LogP contribution in [0.15, 0.2) is 35.3 Å². The van der Waals surface area contributed by atoms with Gasteiger partial charge in [-0.05, 0) is 31.8 Å². The van der Waals surface area contributed by atoms with Crippen molar-refractivity contribution in [1.29, 1.82) is 0 Å².